The molecule has 0 aliphatic carbocycles. The third kappa shape index (κ3) is 3.67. The minimum atomic E-state index is -3.66. The first-order chi connectivity index (χ1) is 13.8. The second kappa shape index (κ2) is 7.70. The van der Waals surface area contributed by atoms with Crippen LogP contribution in [0.3, 0.4) is 0 Å². The third-order valence-electron chi connectivity index (χ3n) is 5.30. The van der Waals surface area contributed by atoms with Gasteiger partial charge < -0.3 is 4.90 Å². The van der Waals surface area contributed by atoms with E-state index in [0.717, 1.165) is 10.7 Å². The predicted molar refractivity (Wildman–Crippen MR) is 116 cm³/mol. The number of sulfonamides is 1. The summed E-state index contributed by atoms with van der Waals surface area (Å²) in [6, 6.07) is 8.36. The maximum Gasteiger partial charge on any atom is 0.262 e. The van der Waals surface area contributed by atoms with Crippen molar-refractivity contribution in [3.8, 4) is 0 Å². The standard InChI is InChI=1S/C20H27N5O2S2/c1-5-17-19(25-20(21-17)28-18(22-25)14(2)3)29(26,27)24-12-10-23(11-13-24)16-8-6-15(4)7-9-16/h6-9,14H,5,10-13H2,1-4H3. The molecule has 3 heterocycles. The van der Waals surface area contributed by atoms with Crippen molar-refractivity contribution in [3.63, 3.8) is 0 Å². The van der Waals surface area contributed by atoms with Crippen molar-refractivity contribution in [2.45, 2.75) is 45.1 Å². The Bertz CT molecular complexity index is 1110. The number of rotatable bonds is 5. The fraction of sp³-hybridized carbons (Fsp3) is 0.500. The van der Waals surface area contributed by atoms with Gasteiger partial charge in [0.15, 0.2) is 5.03 Å². The average Bonchev–Trinajstić information content (AvgIpc) is 3.26. The summed E-state index contributed by atoms with van der Waals surface area (Å²) < 4.78 is 30.2. The topological polar surface area (TPSA) is 70.8 Å². The van der Waals surface area contributed by atoms with E-state index >= 15 is 0 Å². The van der Waals surface area contributed by atoms with Crippen LogP contribution in [0.4, 0.5) is 5.69 Å². The van der Waals surface area contributed by atoms with E-state index in [0.29, 0.717) is 43.3 Å². The van der Waals surface area contributed by atoms with Crippen molar-refractivity contribution in [3.05, 3.63) is 40.5 Å². The van der Waals surface area contributed by atoms with E-state index in [4.69, 9.17) is 0 Å². The molecular weight excluding hydrogens is 406 g/mol. The largest absolute Gasteiger partial charge is 0.369 e. The number of piperazine rings is 1. The molecule has 1 saturated heterocycles. The number of hydrogen-bond acceptors (Lipinski definition) is 6. The van der Waals surface area contributed by atoms with Gasteiger partial charge in [-0.2, -0.15) is 13.9 Å². The zero-order valence-corrected chi connectivity index (χ0v) is 18.9. The molecule has 29 heavy (non-hydrogen) atoms. The summed E-state index contributed by atoms with van der Waals surface area (Å²) in [5.41, 5.74) is 2.95. The Morgan fingerprint density at radius 3 is 2.34 bits per heavy atom. The van der Waals surface area contributed by atoms with Crippen molar-refractivity contribution in [2.75, 3.05) is 31.1 Å². The second-order valence-electron chi connectivity index (χ2n) is 7.73. The SMILES string of the molecule is CCc1nc2sc(C(C)C)nn2c1S(=O)(=O)N1CCN(c2ccc(C)cc2)CC1. The molecule has 0 unspecified atom stereocenters. The fourth-order valence-electron chi connectivity index (χ4n) is 3.57. The zero-order valence-electron chi connectivity index (χ0n) is 17.3. The molecule has 4 rings (SSSR count). The molecule has 0 saturated carbocycles. The number of benzene rings is 1. The summed E-state index contributed by atoms with van der Waals surface area (Å²) in [6.07, 6.45) is 0.561. The van der Waals surface area contributed by atoms with Gasteiger partial charge in [0.2, 0.25) is 4.96 Å². The van der Waals surface area contributed by atoms with Gasteiger partial charge in [-0.25, -0.2) is 13.4 Å². The summed E-state index contributed by atoms with van der Waals surface area (Å²) in [5.74, 6) is 0.236. The maximum atomic E-state index is 13.5. The molecule has 3 aromatic rings. The molecule has 0 atom stereocenters. The molecule has 9 heteroatoms. The van der Waals surface area contributed by atoms with Crippen LogP contribution < -0.4 is 4.90 Å². The lowest BCUT2D eigenvalue weighted by atomic mass is 10.2. The summed E-state index contributed by atoms with van der Waals surface area (Å²) in [4.78, 5) is 7.46. The highest BCUT2D eigenvalue weighted by Gasteiger charge is 2.34. The van der Waals surface area contributed by atoms with E-state index in [-0.39, 0.29) is 10.9 Å². The van der Waals surface area contributed by atoms with Gasteiger partial charge in [-0.15, -0.1) is 0 Å². The molecule has 1 aliphatic rings. The number of aromatic nitrogens is 3. The highest BCUT2D eigenvalue weighted by molar-refractivity contribution is 7.89. The van der Waals surface area contributed by atoms with E-state index in [2.05, 4.69) is 60.0 Å². The molecule has 1 fully saturated rings. The Morgan fingerprint density at radius 1 is 1.10 bits per heavy atom. The van der Waals surface area contributed by atoms with E-state index in [9.17, 15) is 8.42 Å². The Hall–Kier alpha value is -1.97. The summed E-state index contributed by atoms with van der Waals surface area (Å²) in [5, 5.41) is 5.71. The lowest BCUT2D eigenvalue weighted by Gasteiger charge is -2.35. The van der Waals surface area contributed by atoms with E-state index < -0.39 is 10.0 Å². The molecule has 1 aromatic carbocycles. The van der Waals surface area contributed by atoms with E-state index in [1.54, 1.807) is 8.82 Å². The predicted octanol–water partition coefficient (Wildman–Crippen LogP) is 3.30. The number of aryl methyl sites for hydroxylation is 2. The van der Waals surface area contributed by atoms with Crippen LogP contribution in [0.1, 0.15) is 43.0 Å². The molecule has 0 N–H and O–H groups in total. The van der Waals surface area contributed by atoms with Crippen LogP contribution in [0.5, 0.6) is 0 Å². The van der Waals surface area contributed by atoms with Gasteiger partial charge >= 0.3 is 0 Å². The summed E-state index contributed by atoms with van der Waals surface area (Å²) >= 11 is 1.47. The fourth-order valence-corrected chi connectivity index (χ4v) is 6.27. The first kappa shape index (κ1) is 20.3. The Kier molecular flexibility index (Phi) is 5.39. The third-order valence-corrected chi connectivity index (χ3v) is 8.45. The number of hydrogen-bond donors (Lipinski definition) is 0. The molecule has 156 valence electrons. The number of nitrogens with zero attached hydrogens (tertiary/aromatic N) is 5. The molecule has 0 radical (unpaired) electrons. The van der Waals surface area contributed by atoms with Crippen LogP contribution in [-0.2, 0) is 16.4 Å². The number of anilines is 1. The molecule has 2 aromatic heterocycles. The van der Waals surface area contributed by atoms with E-state index in [1.807, 2.05) is 6.92 Å². The molecule has 0 spiro atoms. The highest BCUT2D eigenvalue weighted by atomic mass is 32.2. The van der Waals surface area contributed by atoms with E-state index in [1.165, 1.54) is 16.9 Å². The molecule has 0 bridgehead atoms. The van der Waals surface area contributed by atoms with Crippen LogP contribution in [0.15, 0.2) is 29.3 Å². The number of fused-ring (bicyclic) bond motifs is 1. The van der Waals surface area contributed by atoms with Crippen molar-refractivity contribution in [2.24, 2.45) is 0 Å². The lowest BCUT2D eigenvalue weighted by Crippen LogP contribution is -2.49. The maximum absolute atomic E-state index is 13.5. The van der Waals surface area contributed by atoms with Gasteiger partial charge in [-0.05, 0) is 25.5 Å². The Labute approximate surface area is 176 Å². The summed E-state index contributed by atoms with van der Waals surface area (Å²) in [6.45, 7) is 10.3. The molecule has 0 amide bonds. The van der Waals surface area contributed by atoms with Gasteiger partial charge in [-0.1, -0.05) is 49.8 Å². The van der Waals surface area contributed by atoms with Crippen molar-refractivity contribution >= 4 is 32.0 Å². The van der Waals surface area contributed by atoms with Gasteiger partial charge in [-0.3, -0.25) is 0 Å². The highest BCUT2D eigenvalue weighted by Crippen LogP contribution is 2.29. The van der Waals surface area contributed by atoms with Crippen LogP contribution in [0, 0.1) is 6.92 Å². The van der Waals surface area contributed by atoms with Gasteiger partial charge in [0.05, 0.1) is 5.69 Å². The quantitative estimate of drug-likeness (QED) is 0.617. The lowest BCUT2D eigenvalue weighted by molar-refractivity contribution is 0.382. The van der Waals surface area contributed by atoms with Crippen LogP contribution in [0.25, 0.3) is 4.96 Å². The minimum absolute atomic E-state index is 0.236. The van der Waals surface area contributed by atoms with Crippen molar-refractivity contribution in [1.82, 2.24) is 18.9 Å². The first-order valence-electron chi connectivity index (χ1n) is 10.0. The monoisotopic (exact) mass is 433 g/mol. The van der Waals surface area contributed by atoms with Crippen molar-refractivity contribution in [1.29, 1.82) is 0 Å². The second-order valence-corrected chi connectivity index (χ2v) is 10.6. The first-order valence-corrected chi connectivity index (χ1v) is 12.3. The van der Waals surface area contributed by atoms with Gasteiger partial charge in [0, 0.05) is 37.8 Å². The molecule has 1 aliphatic heterocycles. The Morgan fingerprint density at radius 2 is 1.76 bits per heavy atom. The zero-order chi connectivity index (χ0) is 20.8. The normalized spacial score (nSPS) is 16.2. The van der Waals surface area contributed by atoms with Crippen LogP contribution in [0.2, 0.25) is 0 Å². The Balaban J connectivity index is 1.61. The smallest absolute Gasteiger partial charge is 0.262 e. The van der Waals surface area contributed by atoms with Crippen LogP contribution >= 0.6 is 11.3 Å². The van der Waals surface area contributed by atoms with Gasteiger partial charge in [0.1, 0.15) is 5.01 Å². The van der Waals surface area contributed by atoms with Crippen molar-refractivity contribution < 1.29 is 8.42 Å². The molecular formula is C20H27N5O2S2. The molecule has 7 nitrogen and oxygen atoms in total. The minimum Gasteiger partial charge on any atom is -0.369 e. The van der Waals surface area contributed by atoms with Gasteiger partial charge in [0.25, 0.3) is 10.0 Å². The average molecular weight is 434 g/mol. The summed E-state index contributed by atoms with van der Waals surface area (Å²) in [7, 11) is -3.66. The van der Waals surface area contributed by atoms with Crippen LogP contribution in [-0.4, -0.2) is 53.5 Å². The number of imidazole rings is 1.